The minimum Gasteiger partial charge on any atom is -0.299 e. The number of aryl methyl sites for hydroxylation is 1. The second-order valence-electron chi connectivity index (χ2n) is 5.96. The highest BCUT2D eigenvalue weighted by atomic mass is 15.1. The van der Waals surface area contributed by atoms with Gasteiger partial charge in [0.15, 0.2) is 0 Å². The monoisotopic (exact) mass is 292 g/mol. The minimum atomic E-state index is 1.09. The molecule has 0 saturated heterocycles. The molecule has 1 aromatic carbocycles. The number of aromatic nitrogens is 1. The van der Waals surface area contributed by atoms with Crippen molar-refractivity contribution in [3.63, 3.8) is 0 Å². The van der Waals surface area contributed by atoms with E-state index in [1.807, 2.05) is 18.5 Å². The van der Waals surface area contributed by atoms with Crippen LogP contribution in [-0.4, -0.2) is 29.5 Å². The van der Waals surface area contributed by atoms with Gasteiger partial charge in [-0.15, -0.1) is 0 Å². The van der Waals surface area contributed by atoms with Crippen molar-refractivity contribution in [2.45, 2.75) is 25.7 Å². The Morgan fingerprint density at radius 2 is 1.91 bits per heavy atom. The van der Waals surface area contributed by atoms with Gasteiger partial charge in [0.05, 0.1) is 0 Å². The molecular formula is C20H24N2. The predicted molar refractivity (Wildman–Crippen MR) is 92.7 cm³/mol. The molecule has 2 aromatic rings. The molecule has 0 radical (unpaired) electrons. The van der Waals surface area contributed by atoms with Crippen molar-refractivity contribution in [3.8, 4) is 0 Å². The van der Waals surface area contributed by atoms with E-state index in [1.54, 1.807) is 0 Å². The van der Waals surface area contributed by atoms with Gasteiger partial charge in [-0.25, -0.2) is 0 Å². The Morgan fingerprint density at radius 3 is 2.64 bits per heavy atom. The molecule has 3 rings (SSSR count). The summed E-state index contributed by atoms with van der Waals surface area (Å²) in [5.41, 5.74) is 4.25. The molecule has 2 heterocycles. The zero-order valence-electron chi connectivity index (χ0n) is 13.1. The summed E-state index contributed by atoms with van der Waals surface area (Å²) in [5.74, 6) is 0. The molecule has 0 spiro atoms. The molecule has 1 aromatic heterocycles. The highest BCUT2D eigenvalue weighted by Gasteiger charge is 2.12. The second kappa shape index (κ2) is 7.90. The molecular weight excluding hydrogens is 268 g/mol. The predicted octanol–water partition coefficient (Wildman–Crippen LogP) is 4.19. The third-order valence-electron chi connectivity index (χ3n) is 4.35. The lowest BCUT2D eigenvalue weighted by Crippen LogP contribution is -2.29. The van der Waals surface area contributed by atoms with Gasteiger partial charge in [0.2, 0.25) is 0 Å². The minimum absolute atomic E-state index is 1.09. The Balaban J connectivity index is 1.40. The topological polar surface area (TPSA) is 16.1 Å². The Morgan fingerprint density at radius 1 is 1.00 bits per heavy atom. The molecule has 0 fully saturated rings. The molecule has 0 bridgehead atoms. The molecule has 0 N–H and O–H groups in total. The van der Waals surface area contributed by atoms with E-state index in [4.69, 9.17) is 0 Å². The van der Waals surface area contributed by atoms with Crippen LogP contribution in [0.4, 0.5) is 0 Å². The van der Waals surface area contributed by atoms with Crippen molar-refractivity contribution in [1.29, 1.82) is 0 Å². The zero-order valence-corrected chi connectivity index (χ0v) is 13.1. The van der Waals surface area contributed by atoms with Crippen LogP contribution in [0.3, 0.4) is 0 Å². The van der Waals surface area contributed by atoms with E-state index in [1.165, 1.54) is 49.1 Å². The standard InChI is InChI=1S/C20H24N2/c1-2-9-19(10-3-1)20-11-15-22(16-12-20)14-5-4-7-18-8-6-13-21-17-18/h1-3,6,8-11,13,17H,4-5,7,12,14-16H2. The first-order valence-electron chi connectivity index (χ1n) is 8.27. The van der Waals surface area contributed by atoms with Crippen LogP contribution < -0.4 is 0 Å². The summed E-state index contributed by atoms with van der Waals surface area (Å²) in [4.78, 5) is 6.74. The van der Waals surface area contributed by atoms with Gasteiger partial charge < -0.3 is 0 Å². The molecule has 0 saturated carbocycles. The van der Waals surface area contributed by atoms with E-state index in [9.17, 15) is 0 Å². The maximum absolute atomic E-state index is 4.17. The summed E-state index contributed by atoms with van der Waals surface area (Å²) in [6.07, 6.45) is 11.1. The largest absolute Gasteiger partial charge is 0.299 e. The Bertz CT molecular complexity index is 590. The number of hydrogen-bond acceptors (Lipinski definition) is 2. The van der Waals surface area contributed by atoms with Crippen molar-refractivity contribution < 1.29 is 0 Å². The highest BCUT2D eigenvalue weighted by Crippen LogP contribution is 2.22. The Labute approximate surface area is 133 Å². The maximum atomic E-state index is 4.17. The average Bonchev–Trinajstić information content (AvgIpc) is 2.61. The van der Waals surface area contributed by atoms with Crippen molar-refractivity contribution in [3.05, 3.63) is 72.1 Å². The first-order chi connectivity index (χ1) is 10.9. The molecule has 114 valence electrons. The molecule has 0 amide bonds. The molecule has 2 nitrogen and oxygen atoms in total. The Kier molecular flexibility index (Phi) is 5.38. The first-order valence-corrected chi connectivity index (χ1v) is 8.27. The van der Waals surface area contributed by atoms with Gasteiger partial charge in [0.1, 0.15) is 0 Å². The lowest BCUT2D eigenvalue weighted by atomic mass is 9.99. The number of rotatable bonds is 6. The highest BCUT2D eigenvalue weighted by molar-refractivity contribution is 5.66. The summed E-state index contributed by atoms with van der Waals surface area (Å²) in [7, 11) is 0. The number of nitrogens with zero attached hydrogens (tertiary/aromatic N) is 2. The molecule has 0 atom stereocenters. The third kappa shape index (κ3) is 4.28. The van der Waals surface area contributed by atoms with Crippen LogP contribution in [0.15, 0.2) is 60.9 Å². The SMILES string of the molecule is C1=C(c2ccccc2)CCN(CCCCc2cccnc2)C1. The van der Waals surface area contributed by atoms with E-state index in [-0.39, 0.29) is 0 Å². The van der Waals surface area contributed by atoms with Crippen LogP contribution >= 0.6 is 0 Å². The molecule has 0 aliphatic carbocycles. The number of pyridine rings is 1. The fourth-order valence-electron chi connectivity index (χ4n) is 3.04. The van der Waals surface area contributed by atoms with Gasteiger partial charge in [-0.3, -0.25) is 9.88 Å². The van der Waals surface area contributed by atoms with Gasteiger partial charge >= 0.3 is 0 Å². The summed E-state index contributed by atoms with van der Waals surface area (Å²) in [6.45, 7) is 3.49. The van der Waals surface area contributed by atoms with Crippen molar-refractivity contribution in [2.75, 3.05) is 19.6 Å². The van der Waals surface area contributed by atoms with E-state index in [0.29, 0.717) is 0 Å². The second-order valence-corrected chi connectivity index (χ2v) is 5.96. The van der Waals surface area contributed by atoms with Gasteiger partial charge in [0.25, 0.3) is 0 Å². The number of benzene rings is 1. The van der Waals surface area contributed by atoms with Crippen molar-refractivity contribution in [2.24, 2.45) is 0 Å². The summed E-state index contributed by atoms with van der Waals surface area (Å²) in [5, 5.41) is 0. The summed E-state index contributed by atoms with van der Waals surface area (Å²) >= 11 is 0. The number of unbranched alkanes of at least 4 members (excludes halogenated alkanes) is 1. The van der Waals surface area contributed by atoms with Crippen LogP contribution in [0.5, 0.6) is 0 Å². The fourth-order valence-corrected chi connectivity index (χ4v) is 3.04. The van der Waals surface area contributed by atoms with Crippen molar-refractivity contribution in [1.82, 2.24) is 9.88 Å². The number of hydrogen-bond donors (Lipinski definition) is 0. The normalized spacial score (nSPS) is 15.5. The fraction of sp³-hybridized carbons (Fsp3) is 0.350. The van der Waals surface area contributed by atoms with Crippen LogP contribution in [0.2, 0.25) is 0 Å². The van der Waals surface area contributed by atoms with Crippen LogP contribution in [-0.2, 0) is 6.42 Å². The summed E-state index contributed by atoms with van der Waals surface area (Å²) in [6, 6.07) is 15.0. The van der Waals surface area contributed by atoms with Gasteiger partial charge in [-0.1, -0.05) is 42.5 Å². The average molecular weight is 292 g/mol. The lowest BCUT2D eigenvalue weighted by molar-refractivity contribution is 0.295. The van der Waals surface area contributed by atoms with Gasteiger partial charge in [-0.05, 0) is 55.0 Å². The van der Waals surface area contributed by atoms with Crippen LogP contribution in [0.25, 0.3) is 5.57 Å². The smallest absolute Gasteiger partial charge is 0.0299 e. The lowest BCUT2D eigenvalue weighted by Gasteiger charge is -2.26. The van der Waals surface area contributed by atoms with E-state index in [2.05, 4.69) is 52.4 Å². The van der Waals surface area contributed by atoms with E-state index < -0.39 is 0 Å². The molecule has 2 heteroatoms. The Hall–Kier alpha value is -1.93. The molecule has 1 aliphatic heterocycles. The van der Waals surface area contributed by atoms with Crippen LogP contribution in [0.1, 0.15) is 30.4 Å². The van der Waals surface area contributed by atoms with Gasteiger partial charge in [-0.2, -0.15) is 0 Å². The first kappa shape index (κ1) is 15.0. The summed E-state index contributed by atoms with van der Waals surface area (Å²) < 4.78 is 0. The molecule has 1 aliphatic rings. The zero-order chi connectivity index (χ0) is 15.0. The van der Waals surface area contributed by atoms with E-state index >= 15 is 0 Å². The van der Waals surface area contributed by atoms with E-state index in [0.717, 1.165) is 13.0 Å². The third-order valence-corrected chi connectivity index (χ3v) is 4.35. The quantitative estimate of drug-likeness (QED) is 0.742. The molecule has 0 unspecified atom stereocenters. The van der Waals surface area contributed by atoms with Crippen LogP contribution in [0, 0.1) is 0 Å². The molecule has 22 heavy (non-hydrogen) atoms. The maximum Gasteiger partial charge on any atom is 0.0299 e. The van der Waals surface area contributed by atoms with Gasteiger partial charge in [0, 0.05) is 25.5 Å². The van der Waals surface area contributed by atoms with Crippen molar-refractivity contribution >= 4 is 5.57 Å².